The first kappa shape index (κ1) is 21.7. The summed E-state index contributed by atoms with van der Waals surface area (Å²) in [6.45, 7) is 15.7. The molecule has 0 rings (SSSR count). The minimum absolute atomic E-state index is 0.164. The molecule has 0 aliphatic heterocycles. The van der Waals surface area contributed by atoms with E-state index in [1.807, 2.05) is 0 Å². The molecule has 0 aromatic rings. The monoisotopic (exact) mass is 366 g/mol. The molecular weight excluding hydrogens is 328 g/mol. The van der Waals surface area contributed by atoms with Gasteiger partial charge in [0, 0.05) is 0 Å². The normalized spacial score (nSPS) is 14.6. The maximum Gasteiger partial charge on any atom is 0.174 e. The van der Waals surface area contributed by atoms with Gasteiger partial charge in [0.15, 0.2) is 27.1 Å². The highest BCUT2D eigenvalue weighted by molar-refractivity contribution is 6.51. The molecule has 0 saturated heterocycles. The van der Waals surface area contributed by atoms with Crippen LogP contribution in [0.15, 0.2) is 0 Å². The van der Waals surface area contributed by atoms with Crippen LogP contribution < -0.4 is 0 Å². The second-order valence-corrected chi connectivity index (χ2v) is 15.3. The van der Waals surface area contributed by atoms with Gasteiger partial charge in [-0.05, 0) is 45.7 Å². The van der Waals surface area contributed by atoms with E-state index in [-0.39, 0.29) is 11.5 Å². The molecule has 128 valence electrons. The van der Waals surface area contributed by atoms with Gasteiger partial charge >= 0.3 is 0 Å². The summed E-state index contributed by atoms with van der Waals surface area (Å²) in [4.78, 5) is 0. The molecule has 0 radical (unpaired) electrons. The van der Waals surface area contributed by atoms with Crippen molar-refractivity contribution in [2.45, 2.75) is 89.8 Å². The van der Waals surface area contributed by atoms with Crippen molar-refractivity contribution in [3.63, 3.8) is 0 Å². The van der Waals surface area contributed by atoms with Crippen LogP contribution in [0.5, 0.6) is 0 Å². The summed E-state index contributed by atoms with van der Waals surface area (Å²) in [5.41, 5.74) is -0.385. The SMILES string of the molecule is CCCCCCC(O[SiH](C)C)C([SiH3])(O[SiH](C)C)O[SiH](C)C. The molecule has 0 saturated carbocycles. The molecule has 0 fully saturated rings. The van der Waals surface area contributed by atoms with Crippen LogP contribution in [0.2, 0.25) is 39.3 Å². The van der Waals surface area contributed by atoms with Crippen molar-refractivity contribution in [1.82, 2.24) is 0 Å². The lowest BCUT2D eigenvalue weighted by Crippen LogP contribution is -2.54. The lowest BCUT2D eigenvalue weighted by molar-refractivity contribution is -0.122. The van der Waals surface area contributed by atoms with E-state index >= 15 is 0 Å². The van der Waals surface area contributed by atoms with E-state index in [2.05, 4.69) is 46.2 Å². The summed E-state index contributed by atoms with van der Waals surface area (Å²) in [5, 5.41) is 0. The predicted octanol–water partition coefficient (Wildman–Crippen LogP) is 2.34. The molecule has 1 atom stereocenters. The summed E-state index contributed by atoms with van der Waals surface area (Å²) in [6.07, 6.45) is 6.39. The van der Waals surface area contributed by atoms with Crippen LogP contribution in [0.1, 0.15) is 39.0 Å². The average Bonchev–Trinajstić information content (AvgIpc) is 2.30. The van der Waals surface area contributed by atoms with Crippen LogP contribution in [0, 0.1) is 0 Å². The van der Waals surface area contributed by atoms with E-state index in [9.17, 15) is 0 Å². The Morgan fingerprint density at radius 1 is 0.857 bits per heavy atom. The molecule has 3 nitrogen and oxygen atoms in total. The van der Waals surface area contributed by atoms with Crippen molar-refractivity contribution in [3.05, 3.63) is 0 Å². The van der Waals surface area contributed by atoms with Crippen molar-refractivity contribution in [2.75, 3.05) is 0 Å². The third-order valence-corrected chi connectivity index (χ3v) is 8.09. The van der Waals surface area contributed by atoms with Gasteiger partial charge in [0.2, 0.25) is 0 Å². The summed E-state index contributed by atoms with van der Waals surface area (Å²) in [7, 11) is -2.46. The van der Waals surface area contributed by atoms with E-state index in [0.29, 0.717) is 0 Å². The molecule has 0 heterocycles. The van der Waals surface area contributed by atoms with Gasteiger partial charge in [0.25, 0.3) is 0 Å². The van der Waals surface area contributed by atoms with Gasteiger partial charge in [-0.3, -0.25) is 0 Å². The maximum absolute atomic E-state index is 6.38. The highest BCUT2D eigenvalue weighted by atomic mass is 28.3. The van der Waals surface area contributed by atoms with Gasteiger partial charge in [-0.2, -0.15) is 0 Å². The highest BCUT2D eigenvalue weighted by Gasteiger charge is 2.38. The smallest absolute Gasteiger partial charge is 0.174 e. The van der Waals surface area contributed by atoms with Gasteiger partial charge in [-0.1, -0.05) is 32.6 Å². The molecule has 0 spiro atoms. The third kappa shape index (κ3) is 10.2. The van der Waals surface area contributed by atoms with Crippen molar-refractivity contribution in [1.29, 1.82) is 0 Å². The van der Waals surface area contributed by atoms with E-state index in [0.717, 1.165) is 16.7 Å². The second-order valence-electron chi connectivity index (χ2n) is 6.87. The molecule has 0 amide bonds. The number of hydrogen-bond acceptors (Lipinski definition) is 3. The summed E-state index contributed by atoms with van der Waals surface area (Å²) in [5.74, 6) is 0. The predicted molar refractivity (Wildman–Crippen MR) is 105 cm³/mol. The largest absolute Gasteiger partial charge is 0.413 e. The Hall–Kier alpha value is 0.748. The summed E-state index contributed by atoms with van der Waals surface area (Å²) in [6, 6.07) is 0. The fourth-order valence-electron chi connectivity index (χ4n) is 2.65. The Labute approximate surface area is 140 Å². The fourth-order valence-corrected chi connectivity index (χ4v) is 9.62. The van der Waals surface area contributed by atoms with E-state index in [4.69, 9.17) is 13.3 Å². The van der Waals surface area contributed by atoms with Crippen LogP contribution in [0.3, 0.4) is 0 Å². The molecule has 0 aliphatic carbocycles. The van der Waals surface area contributed by atoms with Crippen molar-refractivity contribution < 1.29 is 13.3 Å². The number of rotatable bonds is 12. The van der Waals surface area contributed by atoms with Gasteiger partial charge < -0.3 is 13.3 Å². The van der Waals surface area contributed by atoms with Crippen molar-refractivity contribution >= 4 is 37.4 Å². The first-order valence-electron chi connectivity index (χ1n) is 8.72. The zero-order valence-electron chi connectivity index (χ0n) is 15.6. The van der Waals surface area contributed by atoms with Gasteiger partial charge in [-0.15, -0.1) is 0 Å². The molecule has 0 aliphatic rings. The zero-order valence-corrected chi connectivity index (χ0v) is 21.0. The molecule has 0 aromatic carbocycles. The topological polar surface area (TPSA) is 27.7 Å². The molecule has 0 N–H and O–H groups in total. The van der Waals surface area contributed by atoms with E-state index in [1.165, 1.54) is 25.7 Å². The summed E-state index contributed by atoms with van der Waals surface area (Å²) >= 11 is 0. The van der Waals surface area contributed by atoms with Crippen LogP contribution in [0.4, 0.5) is 0 Å². The number of hydrogen-bond donors (Lipinski definition) is 0. The molecular formula is C14H38O3Si4. The second kappa shape index (κ2) is 11.3. The van der Waals surface area contributed by atoms with Gasteiger partial charge in [-0.25, -0.2) is 0 Å². The van der Waals surface area contributed by atoms with Crippen molar-refractivity contribution in [2.24, 2.45) is 0 Å². The lowest BCUT2D eigenvalue weighted by atomic mass is 10.1. The average molecular weight is 367 g/mol. The quantitative estimate of drug-likeness (QED) is 0.301. The minimum atomic E-state index is -1.14. The minimum Gasteiger partial charge on any atom is -0.413 e. The van der Waals surface area contributed by atoms with E-state index in [1.54, 1.807) is 0 Å². The zero-order chi connectivity index (χ0) is 16.5. The fraction of sp³-hybridized carbons (Fsp3) is 1.00. The van der Waals surface area contributed by atoms with Crippen LogP contribution >= 0.6 is 0 Å². The molecule has 0 aromatic heterocycles. The Bertz CT molecular complexity index is 253. The number of unbranched alkanes of at least 4 members (excludes halogenated alkanes) is 3. The molecule has 1 unspecified atom stereocenters. The molecule has 21 heavy (non-hydrogen) atoms. The van der Waals surface area contributed by atoms with E-state index < -0.39 is 27.1 Å². The van der Waals surface area contributed by atoms with Gasteiger partial charge in [0.05, 0.1) is 16.3 Å². The Morgan fingerprint density at radius 3 is 1.76 bits per heavy atom. The Morgan fingerprint density at radius 2 is 1.38 bits per heavy atom. The van der Waals surface area contributed by atoms with Crippen LogP contribution in [-0.2, 0) is 13.3 Å². The Balaban J connectivity index is 4.88. The third-order valence-electron chi connectivity index (χ3n) is 3.28. The van der Waals surface area contributed by atoms with Gasteiger partial charge in [0.1, 0.15) is 5.41 Å². The molecule has 0 bridgehead atoms. The molecule has 7 heteroatoms. The van der Waals surface area contributed by atoms with Crippen LogP contribution in [-0.4, -0.2) is 48.9 Å². The summed E-state index contributed by atoms with van der Waals surface area (Å²) < 4.78 is 19.1. The van der Waals surface area contributed by atoms with Crippen molar-refractivity contribution in [3.8, 4) is 0 Å². The standard InChI is InChI=1S/C14H38O3Si4/c1-8-9-10-11-12-13(15-19(2)3)14(18,16-20(4)5)17-21(6)7/h13,19-21H,8-12H2,1-7,18H3. The maximum atomic E-state index is 6.38. The first-order chi connectivity index (χ1) is 9.71. The van der Waals surface area contributed by atoms with Crippen LogP contribution in [0.25, 0.3) is 0 Å². The first-order valence-corrected chi connectivity index (χ1v) is 18.1. The Kier molecular flexibility index (Phi) is 11.7. The highest BCUT2D eigenvalue weighted by Crippen LogP contribution is 2.25. The lowest BCUT2D eigenvalue weighted by Gasteiger charge is -2.42.